The Morgan fingerprint density at radius 3 is 2.52 bits per heavy atom. The van der Waals surface area contributed by atoms with Crippen LogP contribution < -0.4 is 11.1 Å². The van der Waals surface area contributed by atoms with Gasteiger partial charge in [-0.15, -0.1) is 11.3 Å². The monoisotopic (exact) mass is 323 g/mol. The fourth-order valence-electron chi connectivity index (χ4n) is 2.16. The van der Waals surface area contributed by atoms with E-state index in [2.05, 4.69) is 10.3 Å². The first-order chi connectivity index (χ1) is 11.1. The highest BCUT2D eigenvalue weighted by molar-refractivity contribution is 7.13. The second kappa shape index (κ2) is 6.41. The van der Waals surface area contributed by atoms with E-state index in [-0.39, 0.29) is 5.91 Å². The van der Waals surface area contributed by atoms with Crippen molar-refractivity contribution in [3.05, 3.63) is 71.2 Å². The molecule has 0 radical (unpaired) electrons. The minimum absolute atomic E-state index is 0.220. The molecule has 5 nitrogen and oxygen atoms in total. The molecule has 1 aromatic heterocycles. The molecule has 1 heterocycles. The SMILES string of the molecule is NC(=O)c1ccc(NC(=O)c2ccccc2)cc1-c1nccs1. The maximum atomic E-state index is 12.2. The Hall–Kier alpha value is -2.99. The summed E-state index contributed by atoms with van der Waals surface area (Å²) in [6.45, 7) is 0. The van der Waals surface area contributed by atoms with E-state index in [9.17, 15) is 9.59 Å². The number of nitrogens with one attached hydrogen (secondary N) is 1. The largest absolute Gasteiger partial charge is 0.366 e. The van der Waals surface area contributed by atoms with E-state index >= 15 is 0 Å². The van der Waals surface area contributed by atoms with E-state index in [0.717, 1.165) is 0 Å². The number of nitrogens with zero attached hydrogens (tertiary/aromatic N) is 1. The van der Waals surface area contributed by atoms with Crippen LogP contribution in [-0.2, 0) is 0 Å². The third kappa shape index (κ3) is 3.27. The maximum absolute atomic E-state index is 12.2. The van der Waals surface area contributed by atoms with E-state index in [1.165, 1.54) is 11.3 Å². The molecule has 0 saturated carbocycles. The predicted octanol–water partition coefficient (Wildman–Crippen LogP) is 3.16. The fraction of sp³-hybridized carbons (Fsp3) is 0. The Bertz CT molecular complexity index is 846. The van der Waals surface area contributed by atoms with Crippen LogP contribution in [0, 0.1) is 0 Å². The maximum Gasteiger partial charge on any atom is 0.255 e. The molecule has 0 aliphatic rings. The molecule has 0 atom stereocenters. The molecular formula is C17H13N3O2S. The van der Waals surface area contributed by atoms with Crippen molar-refractivity contribution >= 4 is 28.8 Å². The molecule has 0 bridgehead atoms. The van der Waals surface area contributed by atoms with Crippen molar-refractivity contribution in [2.45, 2.75) is 0 Å². The molecule has 0 fully saturated rings. The van der Waals surface area contributed by atoms with Crippen molar-refractivity contribution in [3.63, 3.8) is 0 Å². The molecule has 0 aliphatic carbocycles. The van der Waals surface area contributed by atoms with Crippen LogP contribution in [0.2, 0.25) is 0 Å². The van der Waals surface area contributed by atoms with Gasteiger partial charge in [0.25, 0.3) is 5.91 Å². The van der Waals surface area contributed by atoms with E-state index in [0.29, 0.717) is 27.4 Å². The number of carbonyl (C=O) groups is 2. The number of hydrogen-bond donors (Lipinski definition) is 2. The summed E-state index contributed by atoms with van der Waals surface area (Å²) in [5.41, 5.74) is 7.53. The van der Waals surface area contributed by atoms with Crippen molar-refractivity contribution in [3.8, 4) is 10.6 Å². The second-order valence-corrected chi connectivity index (χ2v) is 5.68. The molecule has 0 unspecified atom stereocenters. The number of nitrogens with two attached hydrogens (primary N) is 1. The van der Waals surface area contributed by atoms with Gasteiger partial charge in [-0.2, -0.15) is 0 Å². The molecule has 0 spiro atoms. The standard InChI is InChI=1S/C17H13N3O2S/c18-15(21)13-7-6-12(10-14(13)17-19-8-9-23-17)20-16(22)11-4-2-1-3-5-11/h1-10H,(H2,18,21)(H,20,22). The zero-order valence-electron chi connectivity index (χ0n) is 12.0. The molecule has 0 aliphatic heterocycles. The van der Waals surface area contributed by atoms with Crippen LogP contribution in [0.25, 0.3) is 10.6 Å². The van der Waals surface area contributed by atoms with E-state index in [1.807, 2.05) is 11.4 Å². The second-order valence-electron chi connectivity index (χ2n) is 4.78. The lowest BCUT2D eigenvalue weighted by Gasteiger charge is -2.09. The molecule has 114 valence electrons. The average molecular weight is 323 g/mol. The Kier molecular flexibility index (Phi) is 4.16. The highest BCUT2D eigenvalue weighted by atomic mass is 32.1. The first-order valence-corrected chi connectivity index (χ1v) is 7.73. The first kappa shape index (κ1) is 14.9. The van der Waals surface area contributed by atoms with Gasteiger partial charge < -0.3 is 11.1 Å². The number of carbonyl (C=O) groups excluding carboxylic acids is 2. The van der Waals surface area contributed by atoms with Gasteiger partial charge in [0.2, 0.25) is 5.91 Å². The summed E-state index contributed by atoms with van der Waals surface area (Å²) in [4.78, 5) is 28.0. The molecule has 0 saturated heterocycles. The molecule has 3 aromatic rings. The molecule has 3 N–H and O–H groups in total. The summed E-state index contributed by atoms with van der Waals surface area (Å²) in [6, 6.07) is 13.9. The smallest absolute Gasteiger partial charge is 0.255 e. The van der Waals surface area contributed by atoms with Crippen LogP contribution in [0.1, 0.15) is 20.7 Å². The molecule has 2 aromatic carbocycles. The van der Waals surface area contributed by atoms with Crippen LogP contribution in [0.3, 0.4) is 0 Å². The summed E-state index contributed by atoms with van der Waals surface area (Å²) >= 11 is 1.40. The van der Waals surface area contributed by atoms with Crippen molar-refractivity contribution in [1.82, 2.24) is 4.98 Å². The van der Waals surface area contributed by atoms with Gasteiger partial charge in [-0.1, -0.05) is 18.2 Å². The number of hydrogen-bond acceptors (Lipinski definition) is 4. The topological polar surface area (TPSA) is 85.1 Å². The van der Waals surface area contributed by atoms with E-state index < -0.39 is 5.91 Å². The molecule has 3 rings (SSSR count). The summed E-state index contributed by atoms with van der Waals surface area (Å²) in [5.74, 6) is -0.751. The normalized spacial score (nSPS) is 10.3. The Morgan fingerprint density at radius 2 is 1.87 bits per heavy atom. The number of rotatable bonds is 4. The van der Waals surface area contributed by atoms with Crippen molar-refractivity contribution in [2.24, 2.45) is 5.73 Å². The quantitative estimate of drug-likeness (QED) is 0.773. The van der Waals surface area contributed by atoms with Gasteiger partial charge >= 0.3 is 0 Å². The van der Waals surface area contributed by atoms with Gasteiger partial charge in [0.05, 0.1) is 0 Å². The first-order valence-electron chi connectivity index (χ1n) is 6.85. The summed E-state index contributed by atoms with van der Waals surface area (Å²) in [7, 11) is 0. The fourth-order valence-corrected chi connectivity index (χ4v) is 2.83. The van der Waals surface area contributed by atoms with Crippen molar-refractivity contribution < 1.29 is 9.59 Å². The molecule has 2 amide bonds. The van der Waals surface area contributed by atoms with Crippen molar-refractivity contribution in [1.29, 1.82) is 0 Å². The lowest BCUT2D eigenvalue weighted by Crippen LogP contribution is -2.14. The number of primary amides is 1. The number of thiazole rings is 1. The summed E-state index contributed by atoms with van der Waals surface area (Å²) < 4.78 is 0. The highest BCUT2D eigenvalue weighted by Gasteiger charge is 2.14. The number of aromatic nitrogens is 1. The van der Waals surface area contributed by atoms with Gasteiger partial charge in [-0.3, -0.25) is 9.59 Å². The lowest BCUT2D eigenvalue weighted by molar-refractivity contribution is 0.0998. The number of anilines is 1. The minimum atomic E-state index is -0.531. The third-order valence-electron chi connectivity index (χ3n) is 3.24. The lowest BCUT2D eigenvalue weighted by atomic mass is 10.1. The van der Waals surface area contributed by atoms with Gasteiger partial charge in [0.15, 0.2) is 0 Å². The average Bonchev–Trinajstić information content (AvgIpc) is 3.09. The number of amides is 2. The third-order valence-corrected chi connectivity index (χ3v) is 4.05. The van der Waals surface area contributed by atoms with Gasteiger partial charge in [0, 0.05) is 34.0 Å². The van der Waals surface area contributed by atoms with Gasteiger partial charge in [-0.25, -0.2) is 4.98 Å². The molecule has 23 heavy (non-hydrogen) atoms. The Morgan fingerprint density at radius 1 is 1.09 bits per heavy atom. The Labute approximate surface area is 136 Å². The number of benzene rings is 2. The zero-order valence-corrected chi connectivity index (χ0v) is 12.8. The minimum Gasteiger partial charge on any atom is -0.366 e. The van der Waals surface area contributed by atoms with Gasteiger partial charge in [-0.05, 0) is 30.3 Å². The summed E-state index contributed by atoms with van der Waals surface area (Å²) in [5, 5.41) is 5.30. The van der Waals surface area contributed by atoms with Crippen LogP contribution in [-0.4, -0.2) is 16.8 Å². The van der Waals surface area contributed by atoms with Crippen LogP contribution in [0.15, 0.2) is 60.1 Å². The molecular weight excluding hydrogens is 310 g/mol. The highest BCUT2D eigenvalue weighted by Crippen LogP contribution is 2.28. The van der Waals surface area contributed by atoms with Crippen LogP contribution >= 0.6 is 11.3 Å². The van der Waals surface area contributed by atoms with Crippen LogP contribution in [0.5, 0.6) is 0 Å². The summed E-state index contributed by atoms with van der Waals surface area (Å²) in [6.07, 6.45) is 1.65. The van der Waals surface area contributed by atoms with E-state index in [1.54, 1.807) is 48.7 Å². The van der Waals surface area contributed by atoms with Crippen LogP contribution in [0.4, 0.5) is 5.69 Å². The molecule has 6 heteroatoms. The van der Waals surface area contributed by atoms with Crippen molar-refractivity contribution in [2.75, 3.05) is 5.32 Å². The predicted molar refractivity (Wildman–Crippen MR) is 90.5 cm³/mol. The zero-order chi connectivity index (χ0) is 16.2. The van der Waals surface area contributed by atoms with E-state index in [4.69, 9.17) is 5.73 Å². The Balaban J connectivity index is 1.94. The van der Waals surface area contributed by atoms with Gasteiger partial charge in [0.1, 0.15) is 5.01 Å².